The molecule has 6 nitrogen and oxygen atoms in total. The Morgan fingerprint density at radius 3 is 2.52 bits per heavy atom. The number of carbonyl (C=O) groups excluding carboxylic acids is 3. The van der Waals surface area contributed by atoms with Crippen LogP contribution in [0.2, 0.25) is 0 Å². The Balaban J connectivity index is 1.65. The summed E-state index contributed by atoms with van der Waals surface area (Å²) in [7, 11) is 0. The maximum atomic E-state index is 12.3. The summed E-state index contributed by atoms with van der Waals surface area (Å²) in [6, 6.07) is 11.8. The first-order valence-corrected chi connectivity index (χ1v) is 7.96. The second kappa shape index (κ2) is 6.76. The maximum absolute atomic E-state index is 12.3. The molecule has 3 amide bonds. The highest BCUT2D eigenvalue weighted by molar-refractivity contribution is 6.04. The zero-order chi connectivity index (χ0) is 18.0. The minimum atomic E-state index is -0.345. The number of phenols is 1. The normalized spacial score (nSPS) is 16.6. The van der Waals surface area contributed by atoms with Gasteiger partial charge in [-0.15, -0.1) is 0 Å². The van der Waals surface area contributed by atoms with Gasteiger partial charge in [-0.2, -0.15) is 0 Å². The van der Waals surface area contributed by atoms with Crippen molar-refractivity contribution in [3.8, 4) is 5.75 Å². The number of hydrogen-bond donors (Lipinski definition) is 3. The predicted octanol–water partition coefficient (Wildman–Crippen LogP) is 2.16. The van der Waals surface area contributed by atoms with Crippen molar-refractivity contribution in [3.63, 3.8) is 0 Å². The zero-order valence-corrected chi connectivity index (χ0v) is 13.7. The van der Waals surface area contributed by atoms with Crippen LogP contribution in [0.15, 0.2) is 42.5 Å². The van der Waals surface area contributed by atoms with E-state index in [1.807, 2.05) is 0 Å². The molecule has 128 valence electrons. The molecule has 2 aromatic carbocycles. The van der Waals surface area contributed by atoms with Crippen LogP contribution >= 0.6 is 0 Å². The summed E-state index contributed by atoms with van der Waals surface area (Å²) < 4.78 is 0. The Morgan fingerprint density at radius 2 is 1.92 bits per heavy atom. The van der Waals surface area contributed by atoms with E-state index in [2.05, 4.69) is 10.6 Å². The molecule has 0 spiro atoms. The number of aromatic hydroxyl groups is 1. The third-order valence-corrected chi connectivity index (χ3v) is 4.23. The van der Waals surface area contributed by atoms with Crippen LogP contribution in [0, 0.1) is 12.8 Å². The largest absolute Gasteiger partial charge is 0.508 e. The molecular formula is C19H18N2O4. The Hall–Kier alpha value is -3.15. The Bertz CT molecular complexity index is 843. The fourth-order valence-corrected chi connectivity index (χ4v) is 2.74. The highest BCUT2D eigenvalue weighted by Gasteiger charge is 2.30. The van der Waals surface area contributed by atoms with Crippen molar-refractivity contribution in [2.75, 3.05) is 5.32 Å². The molecule has 1 aliphatic rings. The number of phenolic OH excluding ortho intramolecular Hbond substituents is 1. The fourth-order valence-electron chi connectivity index (χ4n) is 2.74. The SMILES string of the molecule is Cc1ccc(NC(=O)c2ccc(C[C@H]3CC(=O)NC3=O)cc2)cc1O. The van der Waals surface area contributed by atoms with Crippen molar-refractivity contribution in [1.29, 1.82) is 0 Å². The number of carbonyl (C=O) groups is 3. The van der Waals surface area contributed by atoms with Crippen LogP contribution in [0.5, 0.6) is 5.75 Å². The first-order chi connectivity index (χ1) is 11.9. The monoisotopic (exact) mass is 338 g/mol. The van der Waals surface area contributed by atoms with Crippen LogP contribution in [-0.2, 0) is 16.0 Å². The molecule has 1 atom stereocenters. The molecule has 0 saturated carbocycles. The average Bonchev–Trinajstić information content (AvgIpc) is 2.89. The summed E-state index contributed by atoms with van der Waals surface area (Å²) in [4.78, 5) is 35.1. The van der Waals surface area contributed by atoms with E-state index >= 15 is 0 Å². The van der Waals surface area contributed by atoms with Crippen LogP contribution in [0.1, 0.15) is 27.9 Å². The Kier molecular flexibility index (Phi) is 4.52. The lowest BCUT2D eigenvalue weighted by atomic mass is 9.97. The number of nitrogens with one attached hydrogen (secondary N) is 2. The van der Waals surface area contributed by atoms with Crippen molar-refractivity contribution in [3.05, 3.63) is 59.2 Å². The smallest absolute Gasteiger partial charge is 0.255 e. The van der Waals surface area contributed by atoms with Gasteiger partial charge in [0.25, 0.3) is 5.91 Å². The van der Waals surface area contributed by atoms with E-state index in [4.69, 9.17) is 0 Å². The van der Waals surface area contributed by atoms with Crippen molar-refractivity contribution in [2.45, 2.75) is 19.8 Å². The molecule has 1 heterocycles. The average molecular weight is 338 g/mol. The van der Waals surface area contributed by atoms with Crippen LogP contribution in [0.25, 0.3) is 0 Å². The zero-order valence-electron chi connectivity index (χ0n) is 13.7. The minimum Gasteiger partial charge on any atom is -0.508 e. The molecule has 6 heteroatoms. The highest BCUT2D eigenvalue weighted by atomic mass is 16.3. The number of benzene rings is 2. The van der Waals surface area contributed by atoms with E-state index < -0.39 is 0 Å². The third kappa shape index (κ3) is 3.85. The molecule has 3 rings (SSSR count). The van der Waals surface area contributed by atoms with E-state index in [-0.39, 0.29) is 35.8 Å². The third-order valence-electron chi connectivity index (χ3n) is 4.23. The van der Waals surface area contributed by atoms with Gasteiger partial charge in [-0.1, -0.05) is 18.2 Å². The molecule has 0 bridgehead atoms. The van der Waals surface area contributed by atoms with Crippen molar-refractivity contribution < 1.29 is 19.5 Å². The Morgan fingerprint density at radius 1 is 1.20 bits per heavy atom. The van der Waals surface area contributed by atoms with Gasteiger partial charge in [0.1, 0.15) is 5.75 Å². The second-order valence-corrected chi connectivity index (χ2v) is 6.17. The summed E-state index contributed by atoms with van der Waals surface area (Å²) in [6.45, 7) is 1.78. The molecule has 0 unspecified atom stereocenters. The van der Waals surface area contributed by atoms with Gasteiger partial charge in [0.15, 0.2) is 0 Å². The quantitative estimate of drug-likeness (QED) is 0.745. The fraction of sp³-hybridized carbons (Fsp3) is 0.211. The summed E-state index contributed by atoms with van der Waals surface area (Å²) in [6.07, 6.45) is 0.670. The van der Waals surface area contributed by atoms with E-state index in [0.29, 0.717) is 17.7 Å². The van der Waals surface area contributed by atoms with Crippen molar-refractivity contribution in [2.24, 2.45) is 5.92 Å². The van der Waals surface area contributed by atoms with Crippen LogP contribution in [0.4, 0.5) is 5.69 Å². The molecule has 1 saturated heterocycles. The van der Waals surface area contributed by atoms with Gasteiger partial charge in [0, 0.05) is 23.7 Å². The van der Waals surface area contributed by atoms with E-state index in [9.17, 15) is 19.5 Å². The maximum Gasteiger partial charge on any atom is 0.255 e. The molecule has 0 radical (unpaired) electrons. The van der Waals surface area contributed by atoms with E-state index in [0.717, 1.165) is 11.1 Å². The molecule has 0 aliphatic carbocycles. The molecule has 2 aromatic rings. The van der Waals surface area contributed by atoms with Gasteiger partial charge < -0.3 is 10.4 Å². The number of imide groups is 1. The summed E-state index contributed by atoms with van der Waals surface area (Å²) in [5.41, 5.74) is 2.60. The molecule has 1 fully saturated rings. The number of amides is 3. The van der Waals surface area contributed by atoms with Gasteiger partial charge in [-0.3, -0.25) is 19.7 Å². The Labute approximate surface area is 144 Å². The first kappa shape index (κ1) is 16.7. The molecular weight excluding hydrogens is 320 g/mol. The molecule has 1 aliphatic heterocycles. The first-order valence-electron chi connectivity index (χ1n) is 7.96. The number of hydrogen-bond acceptors (Lipinski definition) is 4. The van der Waals surface area contributed by atoms with Crippen LogP contribution in [0.3, 0.4) is 0 Å². The van der Waals surface area contributed by atoms with Gasteiger partial charge in [-0.25, -0.2) is 0 Å². The van der Waals surface area contributed by atoms with E-state index in [1.54, 1.807) is 43.3 Å². The topological polar surface area (TPSA) is 95.5 Å². The number of anilines is 1. The van der Waals surface area contributed by atoms with Crippen LogP contribution in [-0.4, -0.2) is 22.8 Å². The van der Waals surface area contributed by atoms with Gasteiger partial charge in [-0.05, 0) is 42.7 Å². The van der Waals surface area contributed by atoms with Crippen LogP contribution < -0.4 is 10.6 Å². The lowest BCUT2D eigenvalue weighted by Crippen LogP contribution is -2.22. The van der Waals surface area contributed by atoms with Crippen molar-refractivity contribution >= 4 is 23.4 Å². The predicted molar refractivity (Wildman–Crippen MR) is 92.2 cm³/mol. The number of rotatable bonds is 4. The van der Waals surface area contributed by atoms with Gasteiger partial charge in [0.05, 0.1) is 5.92 Å². The number of aryl methyl sites for hydroxylation is 1. The molecule has 25 heavy (non-hydrogen) atoms. The highest BCUT2D eigenvalue weighted by Crippen LogP contribution is 2.22. The molecule has 0 aromatic heterocycles. The summed E-state index contributed by atoms with van der Waals surface area (Å²) in [5.74, 6) is -0.998. The van der Waals surface area contributed by atoms with Crippen molar-refractivity contribution in [1.82, 2.24) is 5.32 Å². The standard InChI is InChI=1S/C19H18N2O4/c1-11-2-7-15(10-16(11)22)20-18(24)13-5-3-12(4-6-13)8-14-9-17(23)21-19(14)25/h2-7,10,14,22H,8-9H2,1H3,(H,20,24)(H,21,23,25)/t14-/m0/s1. The van der Waals surface area contributed by atoms with E-state index in [1.165, 1.54) is 6.07 Å². The lowest BCUT2D eigenvalue weighted by molar-refractivity contribution is -0.125. The lowest BCUT2D eigenvalue weighted by Gasteiger charge is -2.09. The summed E-state index contributed by atoms with van der Waals surface area (Å²) in [5, 5.41) is 14.7. The second-order valence-electron chi connectivity index (χ2n) is 6.17. The molecule has 3 N–H and O–H groups in total. The summed E-state index contributed by atoms with van der Waals surface area (Å²) >= 11 is 0. The van der Waals surface area contributed by atoms with Gasteiger partial charge in [0.2, 0.25) is 11.8 Å². The minimum absolute atomic E-state index is 0.123. The van der Waals surface area contributed by atoms with Gasteiger partial charge >= 0.3 is 0 Å².